The van der Waals surface area contributed by atoms with Gasteiger partial charge in [0.1, 0.15) is 0 Å². The summed E-state index contributed by atoms with van der Waals surface area (Å²) in [4.78, 5) is 0. The molecule has 0 aromatic heterocycles. The summed E-state index contributed by atoms with van der Waals surface area (Å²) in [6, 6.07) is 0. The molecule has 0 aromatic carbocycles. The van der Waals surface area contributed by atoms with Crippen molar-refractivity contribution in [3.05, 3.63) is 0 Å². The van der Waals surface area contributed by atoms with Crippen molar-refractivity contribution < 1.29 is 9.47 Å². The van der Waals surface area contributed by atoms with Gasteiger partial charge in [-0.2, -0.15) is 0 Å². The van der Waals surface area contributed by atoms with Crippen LogP contribution < -0.4 is 0 Å². The first-order valence-electron chi connectivity index (χ1n) is 6.52. The Morgan fingerprint density at radius 3 is 2.20 bits per heavy atom. The molecule has 2 saturated heterocycles. The molecule has 2 heteroatoms. The average Bonchev–Trinajstić information content (AvgIpc) is 2.73. The van der Waals surface area contributed by atoms with Crippen molar-refractivity contribution in [3.8, 4) is 0 Å². The molecule has 0 spiro atoms. The summed E-state index contributed by atoms with van der Waals surface area (Å²) in [5.41, 5.74) is 0. The lowest BCUT2D eigenvalue weighted by Crippen LogP contribution is -2.12. The SMILES string of the molecule is CC1CCOCC1.CCCC1CCCO1. The van der Waals surface area contributed by atoms with E-state index in [2.05, 4.69) is 13.8 Å². The summed E-state index contributed by atoms with van der Waals surface area (Å²) in [6.07, 6.45) is 8.25. The first-order chi connectivity index (χ1) is 7.33. The van der Waals surface area contributed by atoms with E-state index in [0.29, 0.717) is 6.10 Å². The molecule has 2 rings (SSSR count). The summed E-state index contributed by atoms with van der Waals surface area (Å²) in [6.45, 7) is 7.47. The lowest BCUT2D eigenvalue weighted by Gasteiger charge is -2.16. The molecule has 0 bridgehead atoms. The maximum atomic E-state index is 5.39. The fourth-order valence-corrected chi connectivity index (χ4v) is 2.01. The summed E-state index contributed by atoms with van der Waals surface area (Å²) >= 11 is 0. The third kappa shape index (κ3) is 6.16. The van der Waals surface area contributed by atoms with Crippen LogP contribution in [0.1, 0.15) is 52.4 Å². The number of rotatable bonds is 2. The third-order valence-corrected chi connectivity index (χ3v) is 3.14. The Balaban J connectivity index is 0.000000151. The van der Waals surface area contributed by atoms with Gasteiger partial charge in [0.25, 0.3) is 0 Å². The van der Waals surface area contributed by atoms with Crippen LogP contribution in [-0.4, -0.2) is 25.9 Å². The topological polar surface area (TPSA) is 18.5 Å². The van der Waals surface area contributed by atoms with Crippen LogP contribution in [0.25, 0.3) is 0 Å². The van der Waals surface area contributed by atoms with Crippen molar-refractivity contribution in [2.45, 2.75) is 58.5 Å². The van der Waals surface area contributed by atoms with Gasteiger partial charge in [-0.25, -0.2) is 0 Å². The molecule has 0 radical (unpaired) electrons. The molecule has 2 nitrogen and oxygen atoms in total. The minimum absolute atomic E-state index is 0.611. The first-order valence-corrected chi connectivity index (χ1v) is 6.52. The van der Waals surface area contributed by atoms with E-state index in [-0.39, 0.29) is 0 Å². The first kappa shape index (κ1) is 13.0. The van der Waals surface area contributed by atoms with Crippen LogP contribution in [-0.2, 0) is 9.47 Å². The van der Waals surface area contributed by atoms with Crippen LogP contribution >= 0.6 is 0 Å². The second kappa shape index (κ2) is 8.12. The molecule has 2 fully saturated rings. The minimum Gasteiger partial charge on any atom is -0.381 e. The summed E-state index contributed by atoms with van der Waals surface area (Å²) in [7, 11) is 0. The van der Waals surface area contributed by atoms with Crippen molar-refractivity contribution in [1.82, 2.24) is 0 Å². The molecule has 0 aliphatic carbocycles. The van der Waals surface area contributed by atoms with Crippen LogP contribution in [0.4, 0.5) is 0 Å². The van der Waals surface area contributed by atoms with Crippen molar-refractivity contribution in [3.63, 3.8) is 0 Å². The van der Waals surface area contributed by atoms with E-state index in [1.807, 2.05) is 0 Å². The Morgan fingerprint density at radius 2 is 1.80 bits per heavy atom. The van der Waals surface area contributed by atoms with Gasteiger partial charge in [-0.3, -0.25) is 0 Å². The van der Waals surface area contributed by atoms with E-state index in [1.165, 1.54) is 38.5 Å². The second-order valence-electron chi connectivity index (χ2n) is 4.72. The van der Waals surface area contributed by atoms with E-state index in [9.17, 15) is 0 Å². The van der Waals surface area contributed by atoms with Crippen LogP contribution in [0.3, 0.4) is 0 Å². The summed E-state index contributed by atoms with van der Waals surface area (Å²) < 4.78 is 10.5. The van der Waals surface area contributed by atoms with Gasteiger partial charge in [-0.15, -0.1) is 0 Å². The number of ether oxygens (including phenoxy) is 2. The van der Waals surface area contributed by atoms with Crippen molar-refractivity contribution in [2.75, 3.05) is 19.8 Å². The van der Waals surface area contributed by atoms with Crippen molar-refractivity contribution >= 4 is 0 Å². The Morgan fingerprint density at radius 1 is 1.07 bits per heavy atom. The monoisotopic (exact) mass is 214 g/mol. The van der Waals surface area contributed by atoms with Gasteiger partial charge < -0.3 is 9.47 Å². The highest BCUT2D eigenvalue weighted by molar-refractivity contribution is 4.62. The highest BCUT2D eigenvalue weighted by Gasteiger charge is 2.12. The van der Waals surface area contributed by atoms with E-state index in [4.69, 9.17) is 9.47 Å². The Kier molecular flexibility index (Phi) is 7.03. The van der Waals surface area contributed by atoms with E-state index >= 15 is 0 Å². The van der Waals surface area contributed by atoms with Crippen LogP contribution in [0.15, 0.2) is 0 Å². The molecule has 15 heavy (non-hydrogen) atoms. The lowest BCUT2D eigenvalue weighted by molar-refractivity contribution is 0.0716. The van der Waals surface area contributed by atoms with Gasteiger partial charge in [0.15, 0.2) is 0 Å². The molecule has 2 aliphatic rings. The van der Waals surface area contributed by atoms with Crippen LogP contribution in [0.5, 0.6) is 0 Å². The Hall–Kier alpha value is -0.0800. The maximum absolute atomic E-state index is 5.39. The highest BCUT2D eigenvalue weighted by Crippen LogP contribution is 2.15. The smallest absolute Gasteiger partial charge is 0.0575 e. The fourth-order valence-electron chi connectivity index (χ4n) is 2.01. The van der Waals surface area contributed by atoms with Gasteiger partial charge in [0, 0.05) is 19.8 Å². The van der Waals surface area contributed by atoms with Crippen LogP contribution in [0, 0.1) is 5.92 Å². The molecule has 2 heterocycles. The van der Waals surface area contributed by atoms with Crippen molar-refractivity contribution in [1.29, 1.82) is 0 Å². The van der Waals surface area contributed by atoms with Gasteiger partial charge in [0.05, 0.1) is 6.10 Å². The van der Waals surface area contributed by atoms with Crippen molar-refractivity contribution in [2.24, 2.45) is 5.92 Å². The zero-order valence-electron chi connectivity index (χ0n) is 10.3. The highest BCUT2D eigenvalue weighted by atomic mass is 16.5. The zero-order chi connectivity index (χ0) is 10.9. The number of hydrogen-bond donors (Lipinski definition) is 0. The van der Waals surface area contributed by atoms with E-state index in [1.54, 1.807) is 0 Å². The molecule has 0 saturated carbocycles. The molecular formula is C13H26O2. The lowest BCUT2D eigenvalue weighted by atomic mass is 10.0. The summed E-state index contributed by atoms with van der Waals surface area (Å²) in [5.74, 6) is 0.911. The van der Waals surface area contributed by atoms with Gasteiger partial charge in [-0.1, -0.05) is 20.3 Å². The molecule has 1 atom stereocenters. The Labute approximate surface area is 94.3 Å². The Bertz CT molecular complexity index is 135. The molecule has 1 unspecified atom stereocenters. The van der Waals surface area contributed by atoms with Gasteiger partial charge >= 0.3 is 0 Å². The molecule has 2 aliphatic heterocycles. The minimum atomic E-state index is 0.611. The predicted octanol–water partition coefficient (Wildman–Crippen LogP) is 3.40. The largest absolute Gasteiger partial charge is 0.381 e. The maximum Gasteiger partial charge on any atom is 0.0575 e. The quantitative estimate of drug-likeness (QED) is 0.701. The molecular weight excluding hydrogens is 188 g/mol. The standard InChI is InChI=1S/C7H14O.C6H12O/c1-2-4-7-5-3-6-8-7;1-6-2-4-7-5-3-6/h7H,2-6H2,1H3;6H,2-5H2,1H3. The molecule has 0 N–H and O–H groups in total. The molecule has 0 aromatic rings. The average molecular weight is 214 g/mol. The third-order valence-electron chi connectivity index (χ3n) is 3.14. The fraction of sp³-hybridized carbons (Fsp3) is 1.00. The van der Waals surface area contributed by atoms with Gasteiger partial charge in [-0.05, 0) is 38.0 Å². The second-order valence-corrected chi connectivity index (χ2v) is 4.72. The van der Waals surface area contributed by atoms with E-state index < -0.39 is 0 Å². The predicted molar refractivity (Wildman–Crippen MR) is 63.1 cm³/mol. The zero-order valence-corrected chi connectivity index (χ0v) is 10.3. The molecule has 90 valence electrons. The van der Waals surface area contributed by atoms with Crippen LogP contribution in [0.2, 0.25) is 0 Å². The number of hydrogen-bond acceptors (Lipinski definition) is 2. The van der Waals surface area contributed by atoms with E-state index in [0.717, 1.165) is 25.7 Å². The van der Waals surface area contributed by atoms with Gasteiger partial charge in [0.2, 0.25) is 0 Å². The molecule has 0 amide bonds. The normalized spacial score (nSPS) is 27.2. The summed E-state index contributed by atoms with van der Waals surface area (Å²) in [5, 5.41) is 0.